The Bertz CT molecular complexity index is 1010. The number of nitrogens with one attached hydrogen (secondary N) is 2. The smallest absolute Gasteiger partial charge is 0.301 e. The summed E-state index contributed by atoms with van der Waals surface area (Å²) >= 11 is 0. The number of H-pyrrole nitrogens is 1. The van der Waals surface area contributed by atoms with Gasteiger partial charge in [-0.3, -0.25) is 9.78 Å². The molecule has 148 valence electrons. The first-order chi connectivity index (χ1) is 12.5. The predicted molar refractivity (Wildman–Crippen MR) is 92.7 cm³/mol. The second-order valence-corrected chi connectivity index (χ2v) is 7.77. The third-order valence-electron chi connectivity index (χ3n) is 3.80. The molecule has 0 spiro atoms. The summed E-state index contributed by atoms with van der Waals surface area (Å²) < 4.78 is 66.9. The van der Waals surface area contributed by atoms with Gasteiger partial charge in [-0.1, -0.05) is 18.2 Å². The van der Waals surface area contributed by atoms with Crippen molar-refractivity contribution in [2.24, 2.45) is 0 Å². The van der Waals surface area contributed by atoms with Crippen molar-refractivity contribution < 1.29 is 21.6 Å². The molecule has 0 aliphatic heterocycles. The Morgan fingerprint density at radius 1 is 1.19 bits per heavy atom. The molecule has 1 aromatic carbocycles. The van der Waals surface area contributed by atoms with Crippen molar-refractivity contribution in [3.05, 3.63) is 68.5 Å². The average molecular weight is 405 g/mol. The molecule has 27 heavy (non-hydrogen) atoms. The van der Waals surface area contributed by atoms with Crippen molar-refractivity contribution in [3.8, 4) is 0 Å². The number of sulfonamides is 1. The number of alkyl halides is 3. The quantitative estimate of drug-likeness (QED) is 0.731. The monoisotopic (exact) mass is 405 g/mol. The lowest BCUT2D eigenvalue weighted by molar-refractivity contribution is -0.138. The van der Waals surface area contributed by atoms with E-state index in [0.29, 0.717) is 0 Å². The lowest BCUT2D eigenvalue weighted by Gasteiger charge is -2.19. The number of aromatic amines is 1. The second kappa shape index (κ2) is 8.09. The van der Waals surface area contributed by atoms with Gasteiger partial charge in [-0.2, -0.15) is 13.2 Å². The van der Waals surface area contributed by atoms with Crippen molar-refractivity contribution in [2.45, 2.75) is 32.1 Å². The zero-order chi connectivity index (χ0) is 20.2. The van der Waals surface area contributed by atoms with Gasteiger partial charge in [0.15, 0.2) is 0 Å². The van der Waals surface area contributed by atoms with Crippen LogP contribution in [0.25, 0.3) is 0 Å². The van der Waals surface area contributed by atoms with Gasteiger partial charge >= 0.3 is 11.9 Å². The van der Waals surface area contributed by atoms with Crippen LogP contribution in [0.5, 0.6) is 0 Å². The second-order valence-electron chi connectivity index (χ2n) is 5.90. The number of benzene rings is 1. The molecule has 0 aliphatic carbocycles. The number of rotatable bonds is 7. The molecular formula is C16H18F3N3O4S. The van der Waals surface area contributed by atoms with Crippen LogP contribution in [-0.2, 0) is 22.7 Å². The predicted octanol–water partition coefficient (Wildman–Crippen LogP) is 1.63. The zero-order valence-electron chi connectivity index (χ0n) is 14.3. The minimum atomic E-state index is -4.60. The molecular weight excluding hydrogens is 387 g/mol. The van der Waals surface area contributed by atoms with Crippen molar-refractivity contribution in [1.29, 1.82) is 0 Å². The van der Waals surface area contributed by atoms with E-state index in [2.05, 4.69) is 4.72 Å². The van der Waals surface area contributed by atoms with Gasteiger partial charge in [-0.25, -0.2) is 17.9 Å². The van der Waals surface area contributed by atoms with E-state index in [0.717, 1.165) is 16.7 Å². The Balaban J connectivity index is 2.04. The van der Waals surface area contributed by atoms with E-state index in [1.54, 1.807) is 0 Å². The minimum Gasteiger partial charge on any atom is -0.301 e. The van der Waals surface area contributed by atoms with Crippen molar-refractivity contribution >= 4 is 10.0 Å². The first-order valence-corrected chi connectivity index (χ1v) is 9.61. The minimum absolute atomic E-state index is 0.0318. The summed E-state index contributed by atoms with van der Waals surface area (Å²) in [4.78, 5) is 24.5. The maximum atomic E-state index is 13.1. The molecule has 2 N–H and O–H groups in total. The molecule has 0 saturated carbocycles. The normalized spacial score (nSPS) is 13.5. The van der Waals surface area contributed by atoms with E-state index in [1.165, 1.54) is 31.3 Å². The molecule has 1 atom stereocenters. The maximum Gasteiger partial charge on any atom is 0.416 e. The fourth-order valence-electron chi connectivity index (χ4n) is 2.57. The standard InChI is InChI=1S/C16H18F3N3O4S/c1-11(12-5-2-3-6-13(12)16(17,18)19)21-27(25,26)10-4-8-22-9-7-14(23)20-15(22)24/h2-3,5-7,9,11,21H,4,8,10H2,1H3,(H,20,23,24). The van der Waals surface area contributed by atoms with Crippen LogP contribution in [0.15, 0.2) is 46.1 Å². The highest BCUT2D eigenvalue weighted by Crippen LogP contribution is 2.34. The summed E-state index contributed by atoms with van der Waals surface area (Å²) in [5.74, 6) is -0.392. The SMILES string of the molecule is CC(NS(=O)(=O)CCCn1ccc(=O)[nH]c1=O)c1ccccc1C(F)(F)F. The van der Waals surface area contributed by atoms with Gasteiger partial charge in [0.1, 0.15) is 0 Å². The van der Waals surface area contributed by atoms with E-state index in [4.69, 9.17) is 0 Å². The third-order valence-corrected chi connectivity index (χ3v) is 5.34. The Morgan fingerprint density at radius 3 is 2.48 bits per heavy atom. The fourth-order valence-corrected chi connectivity index (χ4v) is 3.86. The van der Waals surface area contributed by atoms with E-state index >= 15 is 0 Å². The van der Waals surface area contributed by atoms with Crippen LogP contribution in [0.1, 0.15) is 30.5 Å². The van der Waals surface area contributed by atoms with Crippen LogP contribution in [0, 0.1) is 0 Å². The van der Waals surface area contributed by atoms with Gasteiger partial charge < -0.3 is 4.57 Å². The first-order valence-electron chi connectivity index (χ1n) is 7.95. The summed E-state index contributed by atoms with van der Waals surface area (Å²) in [7, 11) is -3.89. The average Bonchev–Trinajstić information content (AvgIpc) is 2.55. The Labute approximate surface area is 152 Å². The van der Waals surface area contributed by atoms with Crippen LogP contribution in [0.2, 0.25) is 0 Å². The molecule has 11 heteroatoms. The van der Waals surface area contributed by atoms with Crippen LogP contribution in [-0.4, -0.2) is 23.7 Å². The molecule has 1 unspecified atom stereocenters. The highest BCUT2D eigenvalue weighted by Gasteiger charge is 2.34. The van der Waals surface area contributed by atoms with Crippen LogP contribution in [0.3, 0.4) is 0 Å². The zero-order valence-corrected chi connectivity index (χ0v) is 15.1. The molecule has 0 aliphatic rings. The summed E-state index contributed by atoms with van der Waals surface area (Å²) in [5.41, 5.74) is -2.31. The topological polar surface area (TPSA) is 101 Å². The lowest BCUT2D eigenvalue weighted by Crippen LogP contribution is -2.32. The summed E-state index contributed by atoms with van der Waals surface area (Å²) in [5, 5.41) is 0. The molecule has 1 aromatic heterocycles. The number of hydrogen-bond acceptors (Lipinski definition) is 4. The van der Waals surface area contributed by atoms with Crippen molar-refractivity contribution in [1.82, 2.24) is 14.3 Å². The number of aromatic nitrogens is 2. The van der Waals surface area contributed by atoms with Gasteiger partial charge in [0.05, 0.1) is 11.3 Å². The van der Waals surface area contributed by atoms with Crippen molar-refractivity contribution in [2.75, 3.05) is 5.75 Å². The molecule has 2 aromatic rings. The van der Waals surface area contributed by atoms with Gasteiger partial charge in [-0.15, -0.1) is 0 Å². The van der Waals surface area contributed by atoms with Gasteiger partial charge in [0, 0.05) is 24.8 Å². The Kier molecular flexibility index (Phi) is 6.26. The molecule has 7 nitrogen and oxygen atoms in total. The van der Waals surface area contributed by atoms with E-state index in [-0.39, 0.29) is 18.5 Å². The van der Waals surface area contributed by atoms with Gasteiger partial charge in [0.2, 0.25) is 10.0 Å². The molecule has 0 radical (unpaired) electrons. The number of aryl methyl sites for hydroxylation is 1. The molecule has 1 heterocycles. The van der Waals surface area contributed by atoms with Gasteiger partial charge in [-0.05, 0) is 25.0 Å². The van der Waals surface area contributed by atoms with Crippen LogP contribution < -0.4 is 16.0 Å². The largest absolute Gasteiger partial charge is 0.416 e. The van der Waals surface area contributed by atoms with Crippen LogP contribution >= 0.6 is 0 Å². The molecule has 0 fully saturated rings. The van der Waals surface area contributed by atoms with E-state index < -0.39 is 44.8 Å². The van der Waals surface area contributed by atoms with Crippen molar-refractivity contribution in [3.63, 3.8) is 0 Å². The number of hydrogen-bond donors (Lipinski definition) is 2. The molecule has 2 rings (SSSR count). The van der Waals surface area contributed by atoms with Gasteiger partial charge in [0.25, 0.3) is 5.56 Å². The number of halogens is 3. The Morgan fingerprint density at radius 2 is 1.85 bits per heavy atom. The number of nitrogens with zero attached hydrogens (tertiary/aromatic N) is 1. The van der Waals surface area contributed by atoms with E-state index in [9.17, 15) is 31.2 Å². The molecule has 0 saturated heterocycles. The summed E-state index contributed by atoms with van der Waals surface area (Å²) in [6, 6.07) is 4.79. The lowest BCUT2D eigenvalue weighted by atomic mass is 10.0. The summed E-state index contributed by atoms with van der Waals surface area (Å²) in [6.07, 6.45) is -3.32. The fraction of sp³-hybridized carbons (Fsp3) is 0.375. The van der Waals surface area contributed by atoms with Crippen LogP contribution in [0.4, 0.5) is 13.2 Å². The third kappa shape index (κ3) is 5.79. The molecule has 0 bridgehead atoms. The molecule has 0 amide bonds. The highest BCUT2D eigenvalue weighted by molar-refractivity contribution is 7.89. The maximum absolute atomic E-state index is 13.1. The highest BCUT2D eigenvalue weighted by atomic mass is 32.2. The van der Waals surface area contributed by atoms with E-state index in [1.807, 2.05) is 4.98 Å². The summed E-state index contributed by atoms with van der Waals surface area (Å²) in [6.45, 7) is 1.36. The first kappa shape index (κ1) is 20.9. The Hall–Kier alpha value is -2.40.